The van der Waals surface area contributed by atoms with Crippen molar-refractivity contribution in [3.8, 4) is 0 Å². The molecule has 0 aromatic carbocycles. The second kappa shape index (κ2) is 5.53. The van der Waals surface area contributed by atoms with E-state index in [1.165, 1.54) is 0 Å². The van der Waals surface area contributed by atoms with E-state index in [1.54, 1.807) is 4.90 Å². The predicted molar refractivity (Wildman–Crippen MR) is 75.3 cm³/mol. The van der Waals surface area contributed by atoms with Crippen molar-refractivity contribution in [2.24, 2.45) is 0 Å². The SMILES string of the molecule is C[C@H]1OCCN(C(=O)OC2CCC2)[C@@H]1c1nc(C2CC2)no1. The molecule has 7 nitrogen and oxygen atoms in total. The molecule has 1 aromatic rings. The normalized spacial score (nSPS) is 29.2. The number of aromatic nitrogens is 2. The quantitative estimate of drug-likeness (QED) is 0.853. The molecule has 3 fully saturated rings. The van der Waals surface area contributed by atoms with Crippen LogP contribution < -0.4 is 0 Å². The summed E-state index contributed by atoms with van der Waals surface area (Å²) in [4.78, 5) is 18.6. The van der Waals surface area contributed by atoms with Gasteiger partial charge in [-0.2, -0.15) is 4.98 Å². The van der Waals surface area contributed by atoms with Gasteiger partial charge in [-0.25, -0.2) is 4.79 Å². The Balaban J connectivity index is 1.52. The van der Waals surface area contributed by atoms with Gasteiger partial charge in [-0.1, -0.05) is 5.16 Å². The summed E-state index contributed by atoms with van der Waals surface area (Å²) in [6.45, 7) is 2.91. The van der Waals surface area contributed by atoms with Gasteiger partial charge >= 0.3 is 6.09 Å². The van der Waals surface area contributed by atoms with Crippen LogP contribution in [0.1, 0.15) is 62.7 Å². The Labute approximate surface area is 128 Å². The Morgan fingerprint density at radius 3 is 2.82 bits per heavy atom. The van der Waals surface area contributed by atoms with Crippen molar-refractivity contribution in [3.63, 3.8) is 0 Å². The van der Waals surface area contributed by atoms with Gasteiger partial charge in [-0.3, -0.25) is 4.90 Å². The molecule has 1 aromatic heterocycles. The van der Waals surface area contributed by atoms with Gasteiger partial charge in [-0.15, -0.1) is 0 Å². The highest BCUT2D eigenvalue weighted by Gasteiger charge is 2.41. The van der Waals surface area contributed by atoms with E-state index in [1.807, 2.05) is 6.92 Å². The highest BCUT2D eigenvalue weighted by atomic mass is 16.6. The average molecular weight is 307 g/mol. The zero-order chi connectivity index (χ0) is 15.1. The Kier molecular flexibility index (Phi) is 3.52. The molecule has 1 aliphatic heterocycles. The number of carbonyl (C=O) groups excluding carboxylic acids is 1. The van der Waals surface area contributed by atoms with E-state index >= 15 is 0 Å². The number of nitrogens with zero attached hydrogens (tertiary/aromatic N) is 3. The first-order valence-corrected chi connectivity index (χ1v) is 8.14. The summed E-state index contributed by atoms with van der Waals surface area (Å²) < 4.78 is 16.6. The van der Waals surface area contributed by atoms with Crippen molar-refractivity contribution in [1.29, 1.82) is 0 Å². The van der Waals surface area contributed by atoms with Crippen LogP contribution in [-0.4, -0.2) is 46.5 Å². The number of ether oxygens (including phenoxy) is 2. The minimum absolute atomic E-state index is 0.0658. The fourth-order valence-electron chi connectivity index (χ4n) is 2.93. The van der Waals surface area contributed by atoms with Gasteiger partial charge in [0.1, 0.15) is 12.1 Å². The summed E-state index contributed by atoms with van der Waals surface area (Å²) in [5.74, 6) is 1.63. The monoisotopic (exact) mass is 307 g/mol. The molecule has 0 radical (unpaired) electrons. The Morgan fingerprint density at radius 2 is 2.14 bits per heavy atom. The molecule has 1 amide bonds. The zero-order valence-corrected chi connectivity index (χ0v) is 12.7. The van der Waals surface area contributed by atoms with Crippen molar-refractivity contribution < 1.29 is 18.8 Å². The van der Waals surface area contributed by atoms with Gasteiger partial charge in [0, 0.05) is 12.5 Å². The third kappa shape index (κ3) is 2.58. The molecule has 0 spiro atoms. The van der Waals surface area contributed by atoms with E-state index in [-0.39, 0.29) is 24.3 Å². The molecule has 7 heteroatoms. The summed E-state index contributed by atoms with van der Waals surface area (Å²) in [7, 11) is 0. The Bertz CT molecular complexity index is 553. The number of hydrogen-bond donors (Lipinski definition) is 0. The smallest absolute Gasteiger partial charge is 0.410 e. The van der Waals surface area contributed by atoms with Crippen LogP contribution in [0.2, 0.25) is 0 Å². The van der Waals surface area contributed by atoms with Crippen LogP contribution in [0.15, 0.2) is 4.52 Å². The molecule has 2 atom stereocenters. The van der Waals surface area contributed by atoms with Crippen molar-refractivity contribution in [3.05, 3.63) is 11.7 Å². The summed E-state index contributed by atoms with van der Waals surface area (Å²) in [5.41, 5.74) is 0. The summed E-state index contributed by atoms with van der Waals surface area (Å²) >= 11 is 0. The first kappa shape index (κ1) is 14.0. The van der Waals surface area contributed by atoms with Crippen LogP contribution in [0.3, 0.4) is 0 Å². The highest BCUT2D eigenvalue weighted by molar-refractivity contribution is 5.68. The molecule has 22 heavy (non-hydrogen) atoms. The molecule has 3 aliphatic rings. The average Bonchev–Trinajstić information content (AvgIpc) is 3.21. The van der Waals surface area contributed by atoms with Gasteiger partial charge in [0.15, 0.2) is 5.82 Å². The van der Waals surface area contributed by atoms with E-state index in [2.05, 4.69) is 10.1 Å². The summed E-state index contributed by atoms with van der Waals surface area (Å²) in [6, 6.07) is -0.360. The van der Waals surface area contributed by atoms with E-state index in [0.29, 0.717) is 25.0 Å². The topological polar surface area (TPSA) is 77.7 Å². The van der Waals surface area contributed by atoms with Gasteiger partial charge in [0.05, 0.1) is 12.7 Å². The van der Waals surface area contributed by atoms with Crippen LogP contribution >= 0.6 is 0 Å². The first-order chi connectivity index (χ1) is 10.7. The van der Waals surface area contributed by atoms with Gasteiger partial charge in [0.25, 0.3) is 5.89 Å². The fraction of sp³-hybridized carbons (Fsp3) is 0.800. The van der Waals surface area contributed by atoms with Crippen molar-refractivity contribution in [2.75, 3.05) is 13.2 Å². The molecule has 2 aliphatic carbocycles. The number of hydrogen-bond acceptors (Lipinski definition) is 6. The second-order valence-electron chi connectivity index (χ2n) is 6.42. The van der Waals surface area contributed by atoms with Crippen molar-refractivity contribution >= 4 is 6.09 Å². The lowest BCUT2D eigenvalue weighted by atomic mass is 9.96. The van der Waals surface area contributed by atoms with Gasteiger partial charge in [0.2, 0.25) is 0 Å². The Hall–Kier alpha value is -1.63. The lowest BCUT2D eigenvalue weighted by molar-refractivity contribution is -0.0759. The van der Waals surface area contributed by atoms with E-state index in [4.69, 9.17) is 14.0 Å². The summed E-state index contributed by atoms with van der Waals surface area (Å²) in [5, 5.41) is 4.05. The second-order valence-corrected chi connectivity index (χ2v) is 6.42. The fourth-order valence-corrected chi connectivity index (χ4v) is 2.93. The van der Waals surface area contributed by atoms with Gasteiger partial charge < -0.3 is 14.0 Å². The largest absolute Gasteiger partial charge is 0.446 e. The molecule has 2 heterocycles. The maximum atomic E-state index is 12.4. The Morgan fingerprint density at radius 1 is 1.32 bits per heavy atom. The van der Waals surface area contributed by atoms with E-state index in [9.17, 15) is 4.79 Å². The predicted octanol–water partition coefficient (Wildman–Crippen LogP) is 2.40. The van der Waals surface area contributed by atoms with Gasteiger partial charge in [-0.05, 0) is 39.0 Å². The van der Waals surface area contributed by atoms with Crippen LogP contribution in [0.4, 0.5) is 4.79 Å². The maximum absolute atomic E-state index is 12.4. The molecular weight excluding hydrogens is 286 g/mol. The minimum Gasteiger partial charge on any atom is -0.446 e. The molecule has 0 N–H and O–H groups in total. The lowest BCUT2D eigenvalue weighted by Crippen LogP contribution is -2.48. The standard InChI is InChI=1S/C15H21N3O4/c1-9-12(14-16-13(17-22-14)10-5-6-10)18(7-8-20-9)15(19)21-11-3-2-4-11/h9-12H,2-8H2,1H3/t9-,12+/m1/s1. The molecule has 0 bridgehead atoms. The minimum atomic E-state index is -0.360. The molecule has 4 rings (SSSR count). The lowest BCUT2D eigenvalue weighted by Gasteiger charge is -2.38. The zero-order valence-electron chi connectivity index (χ0n) is 12.7. The number of carbonyl (C=O) groups is 1. The van der Waals surface area contributed by atoms with Crippen LogP contribution in [0.25, 0.3) is 0 Å². The maximum Gasteiger partial charge on any atom is 0.410 e. The highest BCUT2D eigenvalue weighted by Crippen LogP contribution is 2.39. The van der Waals surface area contributed by atoms with Crippen molar-refractivity contribution in [2.45, 2.75) is 63.2 Å². The molecule has 0 unspecified atom stereocenters. The number of morpholine rings is 1. The number of amides is 1. The third-order valence-corrected chi connectivity index (χ3v) is 4.70. The first-order valence-electron chi connectivity index (χ1n) is 8.14. The van der Waals surface area contributed by atoms with Crippen molar-refractivity contribution in [1.82, 2.24) is 15.0 Å². The van der Waals surface area contributed by atoms with Crippen LogP contribution in [0.5, 0.6) is 0 Å². The van der Waals surface area contributed by atoms with Crippen LogP contribution in [0, 0.1) is 0 Å². The third-order valence-electron chi connectivity index (χ3n) is 4.70. The van der Waals surface area contributed by atoms with E-state index in [0.717, 1.165) is 37.9 Å². The molecule has 2 saturated carbocycles. The molecule has 120 valence electrons. The summed E-state index contributed by atoms with van der Waals surface area (Å²) in [6.07, 6.45) is 4.87. The van der Waals surface area contributed by atoms with Crippen LogP contribution in [-0.2, 0) is 9.47 Å². The molecular formula is C15H21N3O4. The van der Waals surface area contributed by atoms with E-state index < -0.39 is 0 Å². The number of rotatable bonds is 3. The molecule has 1 saturated heterocycles.